The van der Waals surface area contributed by atoms with Crippen LogP contribution in [0.3, 0.4) is 0 Å². The van der Waals surface area contributed by atoms with E-state index in [9.17, 15) is 9.59 Å². The van der Waals surface area contributed by atoms with Crippen LogP contribution < -0.4 is 9.64 Å². The first-order valence-corrected chi connectivity index (χ1v) is 14.0. The Morgan fingerprint density at radius 2 is 1.95 bits per heavy atom. The molecule has 6 rings (SSSR count). The molecule has 11 nitrogen and oxygen atoms in total. The number of aromatic nitrogens is 4. The average molecular weight is 584 g/mol. The molecule has 3 aromatic heterocycles. The molecule has 0 aromatic carbocycles. The maximum absolute atomic E-state index is 15.4. The molecule has 0 aliphatic carbocycles. The van der Waals surface area contributed by atoms with Crippen LogP contribution in [0.2, 0.25) is 5.15 Å². The zero-order valence-corrected chi connectivity index (χ0v) is 23.7. The number of carbonyl (C=O) groups is 2. The molecule has 1 atom stereocenters. The highest BCUT2D eigenvalue weighted by atomic mass is 35.5. The largest absolute Gasteiger partial charge is 0.481 e. The van der Waals surface area contributed by atoms with Gasteiger partial charge in [0.05, 0.1) is 31.1 Å². The van der Waals surface area contributed by atoms with E-state index in [2.05, 4.69) is 14.9 Å². The molecule has 6 heterocycles. The van der Waals surface area contributed by atoms with Crippen molar-refractivity contribution in [3.63, 3.8) is 0 Å². The van der Waals surface area contributed by atoms with E-state index in [0.717, 1.165) is 36.1 Å². The lowest BCUT2D eigenvalue weighted by atomic mass is 9.98. The molecular formula is C28H31ClFN7O4. The molecule has 0 saturated carbocycles. The fourth-order valence-electron chi connectivity index (χ4n) is 5.67. The summed E-state index contributed by atoms with van der Waals surface area (Å²) in [6, 6.07) is 4.14. The normalized spacial score (nSPS) is 18.6. The van der Waals surface area contributed by atoms with Gasteiger partial charge in [-0.15, -0.1) is 0 Å². The van der Waals surface area contributed by atoms with Crippen molar-refractivity contribution in [2.75, 3.05) is 50.9 Å². The number of morpholine rings is 1. The van der Waals surface area contributed by atoms with Crippen molar-refractivity contribution >= 4 is 29.2 Å². The number of imidazole rings is 1. The van der Waals surface area contributed by atoms with E-state index in [1.54, 1.807) is 29.0 Å². The van der Waals surface area contributed by atoms with Crippen molar-refractivity contribution < 1.29 is 23.5 Å². The first-order valence-electron chi connectivity index (χ1n) is 13.7. The van der Waals surface area contributed by atoms with E-state index in [0.29, 0.717) is 51.4 Å². The van der Waals surface area contributed by atoms with Crippen LogP contribution in [0.15, 0.2) is 24.4 Å². The number of nitrogens with zero attached hydrogens (tertiary/aromatic N) is 7. The van der Waals surface area contributed by atoms with Gasteiger partial charge in [-0.2, -0.15) is 0 Å². The number of aryl methyl sites for hydroxylation is 1. The summed E-state index contributed by atoms with van der Waals surface area (Å²) in [6.45, 7) is 7.34. The zero-order valence-electron chi connectivity index (χ0n) is 23.0. The maximum atomic E-state index is 15.4. The molecule has 1 unspecified atom stereocenters. The topological polar surface area (TPSA) is 106 Å². The molecule has 0 radical (unpaired) electrons. The third kappa shape index (κ3) is 5.33. The third-order valence-corrected chi connectivity index (χ3v) is 8.04. The summed E-state index contributed by atoms with van der Waals surface area (Å²) in [5.74, 6) is 0.863. The molecular weight excluding hydrogens is 553 g/mol. The van der Waals surface area contributed by atoms with Crippen molar-refractivity contribution in [2.24, 2.45) is 0 Å². The number of fused-ring (bicyclic) bond motifs is 3. The summed E-state index contributed by atoms with van der Waals surface area (Å²) in [7, 11) is 0. The molecule has 3 aliphatic rings. The summed E-state index contributed by atoms with van der Waals surface area (Å²) < 4.78 is 28.7. The standard InChI is InChI=1S/C28H31ClFN7O4/c1-17-13-19(30)25(31-14-17)27-26-20(32-23-15-35(18(2)38)7-8-36(23)26)5-6-37(27)24(39)16-41-21-3-4-22(33-28(21)29)34-9-11-40-12-10-34/h3-4,13-14,27H,5-12,15-16H2,1-2H3. The Labute approximate surface area is 241 Å². The van der Waals surface area contributed by atoms with E-state index >= 15 is 4.39 Å². The zero-order chi connectivity index (χ0) is 28.7. The summed E-state index contributed by atoms with van der Waals surface area (Å²) >= 11 is 6.43. The molecule has 3 aromatic rings. The highest BCUT2D eigenvalue weighted by Crippen LogP contribution is 2.37. The minimum absolute atomic E-state index is 0.0277. The maximum Gasteiger partial charge on any atom is 0.261 e. The summed E-state index contributed by atoms with van der Waals surface area (Å²) in [5.41, 5.74) is 2.34. The van der Waals surface area contributed by atoms with Gasteiger partial charge in [0.1, 0.15) is 29.2 Å². The van der Waals surface area contributed by atoms with E-state index in [4.69, 9.17) is 26.1 Å². The number of carbonyl (C=O) groups excluding carboxylic acids is 2. The number of hydrogen-bond donors (Lipinski definition) is 0. The van der Waals surface area contributed by atoms with Crippen LogP contribution in [-0.2, 0) is 33.8 Å². The molecule has 2 amide bonds. The Balaban J connectivity index is 1.27. The highest BCUT2D eigenvalue weighted by molar-refractivity contribution is 6.31. The molecule has 1 fully saturated rings. The molecule has 0 bridgehead atoms. The predicted molar refractivity (Wildman–Crippen MR) is 147 cm³/mol. The van der Waals surface area contributed by atoms with Gasteiger partial charge < -0.3 is 28.7 Å². The van der Waals surface area contributed by atoms with Crippen molar-refractivity contribution in [3.05, 3.63) is 63.8 Å². The van der Waals surface area contributed by atoms with E-state index < -0.39 is 11.9 Å². The van der Waals surface area contributed by atoms with Crippen LogP contribution >= 0.6 is 11.6 Å². The fraction of sp³-hybridized carbons (Fsp3) is 0.464. The van der Waals surface area contributed by atoms with Gasteiger partial charge in [0.25, 0.3) is 5.91 Å². The minimum Gasteiger partial charge on any atom is -0.481 e. The molecule has 0 spiro atoms. The van der Waals surface area contributed by atoms with Gasteiger partial charge in [0.15, 0.2) is 17.5 Å². The van der Waals surface area contributed by atoms with Gasteiger partial charge in [0, 0.05) is 52.3 Å². The number of anilines is 1. The predicted octanol–water partition coefficient (Wildman–Crippen LogP) is 2.53. The first-order chi connectivity index (χ1) is 19.8. The number of amides is 2. The van der Waals surface area contributed by atoms with Crippen molar-refractivity contribution in [1.82, 2.24) is 29.3 Å². The lowest BCUT2D eigenvalue weighted by molar-refractivity contribution is -0.135. The Kier molecular flexibility index (Phi) is 7.52. The average Bonchev–Trinajstić information content (AvgIpc) is 3.34. The van der Waals surface area contributed by atoms with Crippen molar-refractivity contribution in [2.45, 2.75) is 39.4 Å². The van der Waals surface area contributed by atoms with Gasteiger partial charge in [-0.25, -0.2) is 14.4 Å². The quantitative estimate of drug-likeness (QED) is 0.422. The summed E-state index contributed by atoms with van der Waals surface area (Å²) in [5, 5.41) is 0.158. The second-order valence-electron chi connectivity index (χ2n) is 10.4. The molecule has 1 saturated heterocycles. The van der Waals surface area contributed by atoms with Crippen LogP contribution in [0, 0.1) is 12.7 Å². The van der Waals surface area contributed by atoms with Gasteiger partial charge in [0.2, 0.25) is 5.91 Å². The first kappa shape index (κ1) is 27.4. The van der Waals surface area contributed by atoms with Gasteiger partial charge in [-0.3, -0.25) is 14.6 Å². The van der Waals surface area contributed by atoms with Crippen LogP contribution in [0.25, 0.3) is 0 Å². The smallest absolute Gasteiger partial charge is 0.261 e. The van der Waals surface area contributed by atoms with Gasteiger partial charge in [-0.1, -0.05) is 11.6 Å². The summed E-state index contributed by atoms with van der Waals surface area (Å²) in [6.07, 6.45) is 2.08. The van der Waals surface area contributed by atoms with Crippen LogP contribution in [-0.4, -0.2) is 87.1 Å². The monoisotopic (exact) mass is 583 g/mol. The minimum atomic E-state index is -0.794. The Hall–Kier alpha value is -3.77. The molecule has 3 aliphatic heterocycles. The Morgan fingerprint density at radius 3 is 2.68 bits per heavy atom. The number of halogens is 2. The van der Waals surface area contributed by atoms with Crippen LogP contribution in [0.5, 0.6) is 5.75 Å². The molecule has 0 N–H and O–H groups in total. The van der Waals surface area contributed by atoms with Crippen LogP contribution in [0.1, 0.15) is 41.4 Å². The second kappa shape index (κ2) is 11.2. The SMILES string of the molecule is CC(=O)N1CCn2c(nc3c2C(c2ncc(C)cc2F)N(C(=O)COc2ccc(N4CCOCC4)nc2Cl)CC3)C1. The van der Waals surface area contributed by atoms with E-state index in [1.807, 2.05) is 10.6 Å². The number of hydrogen-bond acceptors (Lipinski definition) is 8. The molecule has 41 heavy (non-hydrogen) atoms. The van der Waals surface area contributed by atoms with Gasteiger partial charge >= 0.3 is 0 Å². The van der Waals surface area contributed by atoms with Crippen molar-refractivity contribution in [3.8, 4) is 5.75 Å². The van der Waals surface area contributed by atoms with Crippen LogP contribution in [0.4, 0.5) is 10.2 Å². The van der Waals surface area contributed by atoms with E-state index in [-0.39, 0.29) is 35.0 Å². The summed E-state index contributed by atoms with van der Waals surface area (Å²) in [4.78, 5) is 44.8. The number of pyridine rings is 2. The lowest BCUT2D eigenvalue weighted by Gasteiger charge is -2.37. The van der Waals surface area contributed by atoms with E-state index in [1.165, 1.54) is 13.0 Å². The van der Waals surface area contributed by atoms with Crippen molar-refractivity contribution in [1.29, 1.82) is 0 Å². The highest BCUT2D eigenvalue weighted by Gasteiger charge is 2.40. The Morgan fingerprint density at radius 1 is 1.15 bits per heavy atom. The Bertz CT molecular complexity index is 1490. The number of rotatable bonds is 5. The van der Waals surface area contributed by atoms with Gasteiger partial charge in [-0.05, 0) is 30.7 Å². The molecule has 13 heteroatoms. The second-order valence-corrected chi connectivity index (χ2v) is 10.8. The lowest BCUT2D eigenvalue weighted by Crippen LogP contribution is -2.45. The fourth-order valence-corrected chi connectivity index (χ4v) is 5.88. The number of ether oxygens (including phenoxy) is 2. The third-order valence-electron chi connectivity index (χ3n) is 7.77. The molecule has 216 valence electrons.